The van der Waals surface area contributed by atoms with Crippen molar-refractivity contribution < 1.29 is 26.0 Å². The summed E-state index contributed by atoms with van der Waals surface area (Å²) in [7, 11) is -6.54. The normalized spacial score (nSPS) is 13.3. The Morgan fingerprint density at radius 3 is 1.44 bits per heavy atom. The van der Waals surface area contributed by atoms with Crippen LogP contribution in [0.4, 0.5) is 26.0 Å². The average Bonchev–Trinajstić information content (AvgIpc) is 2.64. The van der Waals surface area contributed by atoms with Gasteiger partial charge in [0.2, 0.25) is 0 Å². The number of halogens is 6. The van der Waals surface area contributed by atoms with Crippen molar-refractivity contribution in [2.24, 2.45) is 0 Å². The summed E-state index contributed by atoms with van der Waals surface area (Å²) in [4.78, 5) is 0. The molecule has 0 aliphatic carbocycles. The Hall–Kier alpha value is -2.33. The summed E-state index contributed by atoms with van der Waals surface area (Å²) in [6, 6.07) is 12.5. The zero-order valence-corrected chi connectivity index (χ0v) is 13.5. The average molecular weight is 372 g/mol. The summed E-state index contributed by atoms with van der Waals surface area (Å²) < 4.78 is 87.3. The van der Waals surface area contributed by atoms with Crippen LogP contribution in [0.15, 0.2) is 66.7 Å². The van der Waals surface area contributed by atoms with Crippen LogP contribution in [0, 0.1) is 23.3 Å². The van der Waals surface area contributed by atoms with Gasteiger partial charge in [-0.1, -0.05) is 0 Å². The Balaban J connectivity index is 2.48. The maximum absolute atomic E-state index is 16.2. The SMILES string of the molecule is Fc1cc(P(F)(F)(c2ccccc2)c2ccccc2)c(F)c(F)c1F. The number of hydrogen-bond acceptors (Lipinski definition) is 0. The van der Waals surface area contributed by atoms with Gasteiger partial charge in [-0.05, 0) is 0 Å². The van der Waals surface area contributed by atoms with Gasteiger partial charge in [-0.2, -0.15) is 0 Å². The van der Waals surface area contributed by atoms with Gasteiger partial charge < -0.3 is 0 Å². The van der Waals surface area contributed by atoms with Gasteiger partial charge >= 0.3 is 139 Å². The zero-order valence-electron chi connectivity index (χ0n) is 12.6. The minimum atomic E-state index is -6.54. The van der Waals surface area contributed by atoms with Gasteiger partial charge in [0.25, 0.3) is 0 Å². The molecule has 0 saturated carbocycles. The van der Waals surface area contributed by atoms with Crippen molar-refractivity contribution in [2.45, 2.75) is 0 Å². The fourth-order valence-corrected chi connectivity index (χ4v) is 5.68. The van der Waals surface area contributed by atoms with Crippen molar-refractivity contribution in [3.05, 3.63) is 90.0 Å². The van der Waals surface area contributed by atoms with E-state index in [1.165, 1.54) is 36.4 Å². The second kappa shape index (κ2) is 5.88. The topological polar surface area (TPSA) is 0 Å². The molecule has 0 radical (unpaired) electrons. The fourth-order valence-electron chi connectivity index (χ4n) is 2.65. The molecule has 0 saturated heterocycles. The molecule has 0 aromatic heterocycles. The standard InChI is InChI=1S/C18H11F6P/c19-14-11-15(17(21)18(22)16(14)20)25(23,24,12-7-3-1-4-8-12)13-9-5-2-6-10-13/h1-11H. The van der Waals surface area contributed by atoms with Crippen molar-refractivity contribution in [2.75, 3.05) is 0 Å². The Bertz CT molecular complexity index is 882. The Morgan fingerprint density at radius 1 is 0.560 bits per heavy atom. The second-order valence-electron chi connectivity index (χ2n) is 5.40. The van der Waals surface area contributed by atoms with Gasteiger partial charge in [0, 0.05) is 0 Å². The van der Waals surface area contributed by atoms with E-state index in [0.29, 0.717) is 0 Å². The van der Waals surface area contributed by atoms with E-state index in [0.717, 1.165) is 24.3 Å². The molecule has 25 heavy (non-hydrogen) atoms. The third-order valence-electron chi connectivity index (χ3n) is 3.93. The van der Waals surface area contributed by atoms with Gasteiger partial charge in [-0.25, -0.2) is 0 Å². The molecule has 3 aromatic rings. The van der Waals surface area contributed by atoms with E-state index < -0.39 is 46.4 Å². The van der Waals surface area contributed by atoms with Crippen LogP contribution in [0.3, 0.4) is 0 Å². The first kappa shape index (κ1) is 17.5. The molecule has 0 amide bonds. The van der Waals surface area contributed by atoms with E-state index in [1.807, 2.05) is 0 Å². The molecule has 0 heterocycles. The number of rotatable bonds is 3. The molecule has 0 unspecified atom stereocenters. The molecule has 3 rings (SSSR count). The summed E-state index contributed by atoms with van der Waals surface area (Å²) in [5, 5.41) is -2.63. The van der Waals surface area contributed by atoms with Crippen LogP contribution in [0.1, 0.15) is 0 Å². The molecule has 0 spiro atoms. The molecule has 0 aliphatic rings. The van der Waals surface area contributed by atoms with Gasteiger partial charge in [0.1, 0.15) is 0 Å². The first-order valence-electron chi connectivity index (χ1n) is 7.16. The van der Waals surface area contributed by atoms with Crippen molar-refractivity contribution in [3.63, 3.8) is 0 Å². The van der Waals surface area contributed by atoms with Crippen LogP contribution < -0.4 is 15.9 Å². The molecular formula is C18H11F6P. The van der Waals surface area contributed by atoms with E-state index in [-0.39, 0.29) is 6.07 Å². The maximum atomic E-state index is 16.2. The van der Waals surface area contributed by atoms with E-state index in [4.69, 9.17) is 0 Å². The third-order valence-corrected chi connectivity index (χ3v) is 7.51. The third kappa shape index (κ3) is 2.52. The van der Waals surface area contributed by atoms with Crippen LogP contribution in [-0.2, 0) is 0 Å². The molecule has 0 atom stereocenters. The van der Waals surface area contributed by atoms with E-state index >= 15 is 8.39 Å². The zero-order chi connectivity index (χ0) is 18.3. The molecule has 7 heteroatoms. The quantitative estimate of drug-likeness (QED) is 0.267. The number of hydrogen-bond donors (Lipinski definition) is 0. The predicted molar refractivity (Wildman–Crippen MR) is 87.2 cm³/mol. The minimum absolute atomic E-state index is 0.0472. The van der Waals surface area contributed by atoms with Crippen LogP contribution in [0.5, 0.6) is 0 Å². The summed E-state index contributed by atoms with van der Waals surface area (Å²) >= 11 is 0. The Labute approximate surface area is 139 Å². The van der Waals surface area contributed by atoms with Crippen LogP contribution in [-0.4, -0.2) is 0 Å². The van der Waals surface area contributed by atoms with Crippen molar-refractivity contribution in [1.29, 1.82) is 0 Å². The summed E-state index contributed by atoms with van der Waals surface area (Å²) in [5.41, 5.74) is 0. The van der Waals surface area contributed by atoms with E-state index in [2.05, 4.69) is 0 Å². The molecule has 130 valence electrons. The second-order valence-corrected chi connectivity index (χ2v) is 8.72. The van der Waals surface area contributed by atoms with Crippen LogP contribution in [0.2, 0.25) is 0 Å². The van der Waals surface area contributed by atoms with Crippen molar-refractivity contribution >= 4 is 23.1 Å². The first-order chi connectivity index (χ1) is 11.8. The van der Waals surface area contributed by atoms with Crippen molar-refractivity contribution in [3.8, 4) is 0 Å². The molecule has 0 N–H and O–H groups in total. The van der Waals surface area contributed by atoms with Gasteiger partial charge in [0.15, 0.2) is 0 Å². The summed E-state index contributed by atoms with van der Waals surface area (Å²) in [6.07, 6.45) is 0. The first-order valence-corrected chi connectivity index (χ1v) is 9.18. The Kier molecular flexibility index (Phi) is 4.12. The van der Waals surface area contributed by atoms with Gasteiger partial charge in [-0.3, -0.25) is 0 Å². The predicted octanol–water partition coefficient (Wildman–Crippen LogP) is 4.84. The van der Waals surface area contributed by atoms with Gasteiger partial charge in [0.05, 0.1) is 0 Å². The number of benzene rings is 3. The molecule has 0 aliphatic heterocycles. The monoisotopic (exact) mass is 372 g/mol. The molecular weight excluding hydrogens is 361 g/mol. The van der Waals surface area contributed by atoms with Gasteiger partial charge in [-0.15, -0.1) is 0 Å². The Morgan fingerprint density at radius 2 is 1.00 bits per heavy atom. The fraction of sp³-hybridized carbons (Fsp3) is 0. The molecule has 3 aromatic carbocycles. The molecule has 0 fully saturated rings. The summed E-state index contributed by atoms with van der Waals surface area (Å²) in [6.45, 7) is 0. The molecule has 0 nitrogen and oxygen atoms in total. The van der Waals surface area contributed by atoms with E-state index in [9.17, 15) is 17.6 Å². The van der Waals surface area contributed by atoms with E-state index in [1.54, 1.807) is 0 Å². The van der Waals surface area contributed by atoms with Crippen LogP contribution in [0.25, 0.3) is 0 Å². The van der Waals surface area contributed by atoms with Crippen molar-refractivity contribution in [1.82, 2.24) is 0 Å². The summed E-state index contributed by atoms with van der Waals surface area (Å²) in [5.74, 6) is -8.34. The van der Waals surface area contributed by atoms with Crippen LogP contribution >= 0.6 is 7.22 Å². The molecule has 0 bridgehead atoms.